The molecule has 0 heterocycles. The minimum atomic E-state index is -0.377. The van der Waals surface area contributed by atoms with Crippen LogP contribution in [0.4, 0.5) is 5.69 Å². The predicted molar refractivity (Wildman–Crippen MR) is 94.0 cm³/mol. The highest BCUT2D eigenvalue weighted by Crippen LogP contribution is 2.22. The largest absolute Gasteiger partial charge is 0.312 e. The van der Waals surface area contributed by atoms with Crippen LogP contribution in [0.15, 0.2) is 42.5 Å². The van der Waals surface area contributed by atoms with E-state index < -0.39 is 0 Å². The van der Waals surface area contributed by atoms with E-state index in [1.165, 1.54) is 17.2 Å². The molecule has 5 heteroatoms. The molecule has 122 valence electrons. The van der Waals surface area contributed by atoms with Crippen molar-refractivity contribution in [3.8, 4) is 0 Å². The topological polar surface area (TPSA) is 55.2 Å². The standard InChI is InChI=1S/C18H21ClN2O2/c1-13(2)15-5-3-14(4-6-15)9-10-20-12-16-11-17(19)7-8-18(16)21(22)23/h3-8,11,13,20H,9-10,12H2,1-2H3. The predicted octanol–water partition coefficient (Wildman–Crippen LogP) is 4.70. The molecular formula is C18H21ClN2O2. The number of nitrogens with zero attached hydrogens (tertiary/aromatic N) is 1. The van der Waals surface area contributed by atoms with Crippen LogP contribution in [0.3, 0.4) is 0 Å². The maximum atomic E-state index is 11.0. The Bertz CT molecular complexity index is 669. The highest BCUT2D eigenvalue weighted by atomic mass is 35.5. The second-order valence-corrected chi connectivity index (χ2v) is 6.29. The normalized spacial score (nSPS) is 11.0. The summed E-state index contributed by atoms with van der Waals surface area (Å²) < 4.78 is 0. The van der Waals surface area contributed by atoms with Crippen molar-refractivity contribution < 1.29 is 4.92 Å². The van der Waals surface area contributed by atoms with E-state index in [-0.39, 0.29) is 10.6 Å². The van der Waals surface area contributed by atoms with Gasteiger partial charge in [0, 0.05) is 23.2 Å². The molecule has 1 N–H and O–H groups in total. The van der Waals surface area contributed by atoms with Gasteiger partial charge >= 0.3 is 0 Å². The summed E-state index contributed by atoms with van der Waals surface area (Å²) in [5, 5.41) is 14.8. The lowest BCUT2D eigenvalue weighted by Gasteiger charge is -2.08. The fraction of sp³-hybridized carbons (Fsp3) is 0.333. The summed E-state index contributed by atoms with van der Waals surface area (Å²) in [7, 11) is 0. The first-order valence-corrected chi connectivity index (χ1v) is 8.07. The van der Waals surface area contributed by atoms with Gasteiger partial charge in [0.25, 0.3) is 5.69 Å². The van der Waals surface area contributed by atoms with Gasteiger partial charge in [-0.2, -0.15) is 0 Å². The Kier molecular flexibility index (Phi) is 6.13. The lowest BCUT2D eigenvalue weighted by atomic mass is 10.0. The van der Waals surface area contributed by atoms with E-state index in [0.717, 1.165) is 13.0 Å². The molecule has 4 nitrogen and oxygen atoms in total. The molecule has 0 radical (unpaired) electrons. The molecule has 0 aliphatic heterocycles. The Labute approximate surface area is 141 Å². The van der Waals surface area contributed by atoms with Crippen molar-refractivity contribution in [3.63, 3.8) is 0 Å². The lowest BCUT2D eigenvalue weighted by molar-refractivity contribution is -0.385. The van der Waals surface area contributed by atoms with Gasteiger partial charge in [0.1, 0.15) is 0 Å². The van der Waals surface area contributed by atoms with Gasteiger partial charge in [-0.15, -0.1) is 0 Å². The van der Waals surface area contributed by atoms with Crippen molar-refractivity contribution in [3.05, 3.63) is 74.3 Å². The van der Waals surface area contributed by atoms with Crippen LogP contribution in [0.2, 0.25) is 5.02 Å². The fourth-order valence-corrected chi connectivity index (χ4v) is 2.59. The molecule has 23 heavy (non-hydrogen) atoms. The third-order valence-electron chi connectivity index (χ3n) is 3.79. The Morgan fingerprint density at radius 1 is 1.17 bits per heavy atom. The van der Waals surface area contributed by atoms with E-state index in [1.54, 1.807) is 12.1 Å². The molecule has 2 rings (SSSR count). The first-order valence-electron chi connectivity index (χ1n) is 7.69. The van der Waals surface area contributed by atoms with Gasteiger partial charge in [0.2, 0.25) is 0 Å². The number of rotatable bonds is 7. The zero-order valence-corrected chi connectivity index (χ0v) is 14.1. The summed E-state index contributed by atoms with van der Waals surface area (Å²) in [5.74, 6) is 0.533. The van der Waals surface area contributed by atoms with E-state index in [4.69, 9.17) is 11.6 Å². The van der Waals surface area contributed by atoms with Crippen molar-refractivity contribution in [1.82, 2.24) is 5.32 Å². The van der Waals surface area contributed by atoms with Crippen molar-refractivity contribution in [2.75, 3.05) is 6.54 Å². The summed E-state index contributed by atoms with van der Waals surface area (Å²) in [6.07, 6.45) is 0.882. The van der Waals surface area contributed by atoms with Gasteiger partial charge < -0.3 is 5.32 Å². The van der Waals surface area contributed by atoms with Crippen LogP contribution in [-0.2, 0) is 13.0 Å². The highest BCUT2D eigenvalue weighted by molar-refractivity contribution is 6.30. The molecule has 2 aromatic carbocycles. The number of nitro groups is 1. The summed E-state index contributed by atoms with van der Waals surface area (Å²) in [5.41, 5.74) is 3.29. The molecule has 0 unspecified atom stereocenters. The maximum absolute atomic E-state index is 11.0. The lowest BCUT2D eigenvalue weighted by Crippen LogP contribution is -2.17. The average molecular weight is 333 g/mol. The minimum absolute atomic E-state index is 0.100. The van der Waals surface area contributed by atoms with Crippen molar-refractivity contribution in [2.45, 2.75) is 32.7 Å². The third-order valence-corrected chi connectivity index (χ3v) is 4.03. The molecule has 0 saturated carbocycles. The average Bonchev–Trinajstić information content (AvgIpc) is 2.51. The van der Waals surface area contributed by atoms with Crippen LogP contribution in [0, 0.1) is 10.1 Å². The van der Waals surface area contributed by atoms with Crippen LogP contribution in [0.5, 0.6) is 0 Å². The van der Waals surface area contributed by atoms with Crippen molar-refractivity contribution >= 4 is 17.3 Å². The molecule has 0 spiro atoms. The molecule has 0 aromatic heterocycles. The third kappa shape index (κ3) is 5.05. The second kappa shape index (κ2) is 8.09. The number of halogens is 1. The van der Waals surface area contributed by atoms with E-state index >= 15 is 0 Å². The first kappa shape index (κ1) is 17.4. The summed E-state index contributed by atoms with van der Waals surface area (Å²) in [4.78, 5) is 10.6. The Balaban J connectivity index is 1.88. The molecule has 0 fully saturated rings. The molecule has 0 amide bonds. The van der Waals surface area contributed by atoms with E-state index in [2.05, 4.69) is 43.4 Å². The smallest absolute Gasteiger partial charge is 0.273 e. The SMILES string of the molecule is CC(C)c1ccc(CCNCc2cc(Cl)ccc2[N+](=O)[O-])cc1. The van der Waals surface area contributed by atoms with Gasteiger partial charge in [0.15, 0.2) is 0 Å². The zero-order chi connectivity index (χ0) is 16.8. The Morgan fingerprint density at radius 3 is 2.48 bits per heavy atom. The van der Waals surface area contributed by atoms with E-state index in [9.17, 15) is 10.1 Å². The van der Waals surface area contributed by atoms with Gasteiger partial charge in [-0.25, -0.2) is 0 Å². The van der Waals surface area contributed by atoms with Crippen molar-refractivity contribution in [2.24, 2.45) is 0 Å². The van der Waals surface area contributed by atoms with Gasteiger partial charge in [0.05, 0.1) is 4.92 Å². The number of benzene rings is 2. The fourth-order valence-electron chi connectivity index (χ4n) is 2.40. The van der Waals surface area contributed by atoms with Crippen LogP contribution < -0.4 is 5.32 Å². The summed E-state index contributed by atoms with van der Waals surface area (Å²) in [6.45, 7) is 5.54. The summed E-state index contributed by atoms with van der Waals surface area (Å²) >= 11 is 5.92. The van der Waals surface area contributed by atoms with E-state index in [0.29, 0.717) is 23.0 Å². The molecular weight excluding hydrogens is 312 g/mol. The first-order chi connectivity index (χ1) is 11.0. The number of nitrogens with one attached hydrogen (secondary N) is 1. The molecule has 0 aliphatic carbocycles. The second-order valence-electron chi connectivity index (χ2n) is 5.85. The Hall–Kier alpha value is -1.91. The van der Waals surface area contributed by atoms with Crippen molar-refractivity contribution in [1.29, 1.82) is 0 Å². The van der Waals surface area contributed by atoms with Crippen LogP contribution in [0.25, 0.3) is 0 Å². The number of hydrogen-bond donors (Lipinski definition) is 1. The molecule has 0 bridgehead atoms. The molecule has 0 atom stereocenters. The van der Waals surface area contributed by atoms with Crippen LogP contribution >= 0.6 is 11.6 Å². The van der Waals surface area contributed by atoms with Gasteiger partial charge in [-0.3, -0.25) is 10.1 Å². The number of hydrogen-bond acceptors (Lipinski definition) is 3. The molecule has 0 saturated heterocycles. The van der Waals surface area contributed by atoms with Crippen LogP contribution in [0.1, 0.15) is 36.5 Å². The van der Waals surface area contributed by atoms with E-state index in [1.807, 2.05) is 0 Å². The highest BCUT2D eigenvalue weighted by Gasteiger charge is 2.13. The summed E-state index contributed by atoms with van der Waals surface area (Å²) in [6, 6.07) is 13.2. The van der Waals surface area contributed by atoms with Gasteiger partial charge in [-0.1, -0.05) is 49.7 Å². The molecule has 0 aliphatic rings. The molecule has 2 aromatic rings. The quantitative estimate of drug-likeness (QED) is 0.454. The van der Waals surface area contributed by atoms with Crippen LogP contribution in [-0.4, -0.2) is 11.5 Å². The monoisotopic (exact) mass is 332 g/mol. The minimum Gasteiger partial charge on any atom is -0.312 e. The Morgan fingerprint density at radius 2 is 1.87 bits per heavy atom. The zero-order valence-electron chi connectivity index (χ0n) is 13.4. The van der Waals surface area contributed by atoms with Gasteiger partial charge in [-0.05, 0) is 42.1 Å². The number of nitro benzene ring substituents is 1. The maximum Gasteiger partial charge on any atom is 0.273 e.